The van der Waals surface area contributed by atoms with Crippen molar-refractivity contribution < 1.29 is 9.13 Å². The molecular formula is C16H14FN5O. The molecule has 2 aromatic carbocycles. The molecule has 0 radical (unpaired) electrons. The number of ether oxygens (including phenoxy) is 1. The lowest BCUT2D eigenvalue weighted by Crippen LogP contribution is -2.03. The Morgan fingerprint density at radius 2 is 1.70 bits per heavy atom. The van der Waals surface area contributed by atoms with Crippen molar-refractivity contribution in [1.82, 2.24) is 15.2 Å². The van der Waals surface area contributed by atoms with Crippen LogP contribution in [0.4, 0.5) is 27.5 Å². The molecule has 1 aromatic heterocycles. The first-order valence-electron chi connectivity index (χ1n) is 6.87. The largest absolute Gasteiger partial charge is 0.495 e. The van der Waals surface area contributed by atoms with E-state index in [1.165, 1.54) is 12.3 Å². The van der Waals surface area contributed by atoms with E-state index >= 15 is 0 Å². The van der Waals surface area contributed by atoms with E-state index in [1.54, 1.807) is 25.3 Å². The van der Waals surface area contributed by atoms with Gasteiger partial charge in [0, 0.05) is 0 Å². The van der Waals surface area contributed by atoms with Crippen LogP contribution < -0.4 is 15.4 Å². The second-order valence-corrected chi connectivity index (χ2v) is 4.60. The van der Waals surface area contributed by atoms with E-state index in [0.717, 1.165) is 0 Å². The molecular weight excluding hydrogens is 297 g/mol. The predicted molar refractivity (Wildman–Crippen MR) is 85.8 cm³/mol. The van der Waals surface area contributed by atoms with Gasteiger partial charge >= 0.3 is 0 Å². The van der Waals surface area contributed by atoms with E-state index in [9.17, 15) is 4.39 Å². The van der Waals surface area contributed by atoms with Crippen molar-refractivity contribution in [2.24, 2.45) is 0 Å². The van der Waals surface area contributed by atoms with Gasteiger partial charge in [0.2, 0.25) is 5.95 Å². The Bertz CT molecular complexity index is 812. The Labute approximate surface area is 132 Å². The fourth-order valence-corrected chi connectivity index (χ4v) is 1.99. The van der Waals surface area contributed by atoms with Gasteiger partial charge in [0.25, 0.3) is 0 Å². The highest BCUT2D eigenvalue weighted by Gasteiger charge is 2.07. The van der Waals surface area contributed by atoms with Crippen LogP contribution in [0.1, 0.15) is 0 Å². The molecule has 3 aromatic rings. The number of methoxy groups -OCH3 is 1. The molecule has 1 heterocycles. The lowest BCUT2D eigenvalue weighted by molar-refractivity contribution is 0.417. The molecule has 0 unspecified atom stereocenters. The Morgan fingerprint density at radius 1 is 0.957 bits per heavy atom. The Morgan fingerprint density at radius 3 is 2.48 bits per heavy atom. The Balaban J connectivity index is 1.81. The number of hydrogen-bond donors (Lipinski definition) is 2. The molecule has 23 heavy (non-hydrogen) atoms. The standard InChI is InChI=1S/C16H14FN5O/c1-23-14-9-5-4-8-13(14)20-16-21-15(10-18-22-16)19-12-7-3-2-6-11(12)17/h2-10H,1H3,(H2,19,20,21,22). The molecule has 0 amide bonds. The molecule has 0 aliphatic carbocycles. The third-order valence-corrected chi connectivity index (χ3v) is 3.05. The van der Waals surface area contributed by atoms with Gasteiger partial charge in [-0.05, 0) is 24.3 Å². The van der Waals surface area contributed by atoms with Crippen molar-refractivity contribution in [2.75, 3.05) is 17.7 Å². The summed E-state index contributed by atoms with van der Waals surface area (Å²) < 4.78 is 18.9. The summed E-state index contributed by atoms with van der Waals surface area (Å²) in [6.07, 6.45) is 1.42. The summed E-state index contributed by atoms with van der Waals surface area (Å²) in [7, 11) is 1.58. The van der Waals surface area contributed by atoms with Crippen LogP contribution in [0.5, 0.6) is 5.75 Å². The molecule has 0 bridgehead atoms. The average Bonchev–Trinajstić information content (AvgIpc) is 2.58. The van der Waals surface area contributed by atoms with E-state index in [4.69, 9.17) is 4.74 Å². The van der Waals surface area contributed by atoms with E-state index in [2.05, 4.69) is 25.8 Å². The van der Waals surface area contributed by atoms with E-state index in [1.807, 2.05) is 24.3 Å². The maximum atomic E-state index is 13.7. The molecule has 0 atom stereocenters. The normalized spacial score (nSPS) is 10.2. The van der Waals surface area contributed by atoms with Gasteiger partial charge in [-0.2, -0.15) is 10.1 Å². The first kappa shape index (κ1) is 14.7. The maximum Gasteiger partial charge on any atom is 0.249 e. The lowest BCUT2D eigenvalue weighted by Gasteiger charge is -2.10. The molecule has 0 saturated heterocycles. The van der Waals surface area contributed by atoms with Crippen molar-refractivity contribution in [3.05, 3.63) is 60.5 Å². The molecule has 0 fully saturated rings. The van der Waals surface area contributed by atoms with Crippen LogP contribution in [0.15, 0.2) is 54.7 Å². The van der Waals surface area contributed by atoms with Gasteiger partial charge in [-0.1, -0.05) is 24.3 Å². The van der Waals surface area contributed by atoms with Gasteiger partial charge < -0.3 is 15.4 Å². The van der Waals surface area contributed by atoms with Gasteiger partial charge in [0.15, 0.2) is 5.82 Å². The maximum absolute atomic E-state index is 13.7. The summed E-state index contributed by atoms with van der Waals surface area (Å²) >= 11 is 0. The van der Waals surface area contributed by atoms with Crippen LogP contribution in [0, 0.1) is 5.82 Å². The van der Waals surface area contributed by atoms with Crippen molar-refractivity contribution >= 4 is 23.1 Å². The molecule has 2 N–H and O–H groups in total. The number of benzene rings is 2. The topological polar surface area (TPSA) is 72.0 Å². The number of rotatable bonds is 5. The van der Waals surface area contributed by atoms with E-state index in [-0.39, 0.29) is 11.8 Å². The molecule has 3 rings (SSSR count). The zero-order valence-corrected chi connectivity index (χ0v) is 12.3. The third kappa shape index (κ3) is 3.52. The quantitative estimate of drug-likeness (QED) is 0.751. The second-order valence-electron chi connectivity index (χ2n) is 4.60. The van der Waals surface area contributed by atoms with Crippen molar-refractivity contribution in [2.45, 2.75) is 0 Å². The summed E-state index contributed by atoms with van der Waals surface area (Å²) in [5.74, 6) is 0.937. The number of aromatic nitrogens is 3. The molecule has 6 nitrogen and oxygen atoms in total. The highest BCUT2D eigenvalue weighted by atomic mass is 19.1. The number of anilines is 4. The van der Waals surface area contributed by atoms with Crippen molar-refractivity contribution in [1.29, 1.82) is 0 Å². The van der Waals surface area contributed by atoms with Crippen LogP contribution in [0.25, 0.3) is 0 Å². The molecule has 0 spiro atoms. The SMILES string of the molecule is COc1ccccc1Nc1nncc(Nc2ccccc2F)n1. The van der Waals surface area contributed by atoms with E-state index < -0.39 is 0 Å². The van der Waals surface area contributed by atoms with Gasteiger partial charge in [-0.15, -0.1) is 5.10 Å². The fourth-order valence-electron chi connectivity index (χ4n) is 1.99. The van der Waals surface area contributed by atoms with E-state index in [0.29, 0.717) is 22.9 Å². The lowest BCUT2D eigenvalue weighted by atomic mass is 10.3. The summed E-state index contributed by atoms with van der Waals surface area (Å²) in [5.41, 5.74) is 1.02. The second kappa shape index (κ2) is 6.69. The highest BCUT2D eigenvalue weighted by molar-refractivity contribution is 5.63. The van der Waals surface area contributed by atoms with Gasteiger partial charge in [-0.3, -0.25) is 0 Å². The minimum Gasteiger partial charge on any atom is -0.495 e. The minimum absolute atomic E-state index is 0.274. The summed E-state index contributed by atoms with van der Waals surface area (Å²) in [4.78, 5) is 4.26. The van der Waals surface area contributed by atoms with Gasteiger partial charge in [-0.25, -0.2) is 4.39 Å². The molecule has 0 aliphatic rings. The van der Waals surface area contributed by atoms with Gasteiger partial charge in [0.1, 0.15) is 11.6 Å². The number of halogens is 1. The van der Waals surface area contributed by atoms with Crippen LogP contribution in [0.3, 0.4) is 0 Å². The molecule has 0 saturated carbocycles. The van der Waals surface area contributed by atoms with Crippen molar-refractivity contribution in [3.8, 4) is 5.75 Å². The number of nitrogens with zero attached hydrogens (tertiary/aromatic N) is 3. The monoisotopic (exact) mass is 311 g/mol. The minimum atomic E-state index is -0.370. The number of hydrogen-bond acceptors (Lipinski definition) is 6. The summed E-state index contributed by atoms with van der Waals surface area (Å²) in [5, 5.41) is 13.7. The summed E-state index contributed by atoms with van der Waals surface area (Å²) in [6.45, 7) is 0. The number of para-hydroxylation sites is 3. The fraction of sp³-hybridized carbons (Fsp3) is 0.0625. The van der Waals surface area contributed by atoms with Gasteiger partial charge in [0.05, 0.1) is 24.7 Å². The Hall–Kier alpha value is -3.22. The van der Waals surface area contributed by atoms with Crippen LogP contribution in [-0.2, 0) is 0 Å². The highest BCUT2D eigenvalue weighted by Crippen LogP contribution is 2.26. The molecule has 116 valence electrons. The van der Waals surface area contributed by atoms with Crippen molar-refractivity contribution in [3.63, 3.8) is 0 Å². The predicted octanol–water partition coefficient (Wildman–Crippen LogP) is 3.51. The Kier molecular flexibility index (Phi) is 4.28. The third-order valence-electron chi connectivity index (χ3n) is 3.05. The van der Waals surface area contributed by atoms with Crippen LogP contribution in [-0.4, -0.2) is 22.3 Å². The zero-order valence-electron chi connectivity index (χ0n) is 12.3. The summed E-state index contributed by atoms with van der Waals surface area (Å²) in [6, 6.07) is 13.7. The first-order chi connectivity index (χ1) is 11.3. The zero-order chi connectivity index (χ0) is 16.1. The molecule has 0 aliphatic heterocycles. The smallest absolute Gasteiger partial charge is 0.249 e. The molecule has 7 heteroatoms. The average molecular weight is 311 g/mol. The van der Waals surface area contributed by atoms with Crippen LogP contribution in [0.2, 0.25) is 0 Å². The van der Waals surface area contributed by atoms with Crippen LogP contribution >= 0.6 is 0 Å². The number of nitrogens with one attached hydrogen (secondary N) is 2. The first-order valence-corrected chi connectivity index (χ1v) is 6.87.